The Labute approximate surface area is 110 Å². The fourth-order valence-electron chi connectivity index (χ4n) is 3.39. The Morgan fingerprint density at radius 1 is 1.29 bits per heavy atom. The first-order chi connectivity index (χ1) is 8.24. The molecule has 1 heterocycles. The Morgan fingerprint density at radius 3 is 2.82 bits per heavy atom. The highest BCUT2D eigenvalue weighted by molar-refractivity contribution is 9.10. The predicted octanol–water partition coefficient (Wildman–Crippen LogP) is 2.80. The van der Waals surface area contributed by atoms with E-state index in [1.165, 1.54) is 11.1 Å². The second-order valence-electron chi connectivity index (χ2n) is 5.10. The molecule has 0 aromatic heterocycles. The van der Waals surface area contributed by atoms with E-state index in [1.807, 2.05) is 0 Å². The molecule has 1 unspecified atom stereocenters. The molecular weight excluding hydrogens is 280 g/mol. The zero-order valence-corrected chi connectivity index (χ0v) is 11.4. The van der Waals surface area contributed by atoms with Crippen LogP contribution in [0.1, 0.15) is 30.4 Å². The third-order valence-electron chi connectivity index (χ3n) is 4.31. The maximum atomic E-state index is 10.5. The molecule has 1 aromatic carbocycles. The molecular formula is C14H17BrO2. The van der Waals surface area contributed by atoms with Crippen LogP contribution in [-0.4, -0.2) is 24.4 Å². The topological polar surface area (TPSA) is 29.5 Å². The normalized spacial score (nSPS) is 26.8. The largest absolute Gasteiger partial charge is 0.392 e. The molecule has 1 saturated heterocycles. The lowest BCUT2D eigenvalue weighted by atomic mass is 9.64. The first-order valence-electron chi connectivity index (χ1n) is 6.28. The van der Waals surface area contributed by atoms with Crippen molar-refractivity contribution in [3.63, 3.8) is 0 Å². The molecule has 1 aromatic rings. The van der Waals surface area contributed by atoms with Crippen LogP contribution in [0.25, 0.3) is 0 Å². The molecule has 0 amide bonds. The predicted molar refractivity (Wildman–Crippen MR) is 70.2 cm³/mol. The number of benzene rings is 1. The third-order valence-corrected chi connectivity index (χ3v) is 4.97. The zero-order chi connectivity index (χ0) is 11.9. The van der Waals surface area contributed by atoms with Gasteiger partial charge in [0.15, 0.2) is 0 Å². The summed E-state index contributed by atoms with van der Waals surface area (Å²) in [4.78, 5) is 0. The van der Waals surface area contributed by atoms with Crippen molar-refractivity contribution in [1.82, 2.24) is 0 Å². The van der Waals surface area contributed by atoms with E-state index in [0.29, 0.717) is 0 Å². The van der Waals surface area contributed by atoms with Crippen LogP contribution >= 0.6 is 15.9 Å². The van der Waals surface area contributed by atoms with Gasteiger partial charge in [-0.25, -0.2) is 0 Å². The summed E-state index contributed by atoms with van der Waals surface area (Å²) in [7, 11) is 0. The Morgan fingerprint density at radius 2 is 2.06 bits per heavy atom. The quantitative estimate of drug-likeness (QED) is 0.798. The lowest BCUT2D eigenvalue weighted by molar-refractivity contribution is -0.0241. The number of fused-ring (bicyclic) bond motifs is 2. The Balaban J connectivity index is 2.15. The van der Waals surface area contributed by atoms with Gasteiger partial charge in [-0.05, 0) is 42.9 Å². The van der Waals surface area contributed by atoms with Gasteiger partial charge in [0.2, 0.25) is 0 Å². The van der Waals surface area contributed by atoms with Gasteiger partial charge < -0.3 is 9.84 Å². The Bertz CT molecular complexity index is 424. The third kappa shape index (κ3) is 1.76. The van der Waals surface area contributed by atoms with E-state index >= 15 is 0 Å². The van der Waals surface area contributed by atoms with E-state index < -0.39 is 0 Å². The van der Waals surface area contributed by atoms with E-state index in [1.54, 1.807) is 0 Å². The molecule has 1 spiro atoms. The van der Waals surface area contributed by atoms with Crippen molar-refractivity contribution in [1.29, 1.82) is 0 Å². The fraction of sp³-hybridized carbons (Fsp3) is 0.571. The molecule has 0 radical (unpaired) electrons. The van der Waals surface area contributed by atoms with Gasteiger partial charge in [-0.3, -0.25) is 0 Å². The summed E-state index contributed by atoms with van der Waals surface area (Å²) in [6.07, 6.45) is 3.51. The maximum Gasteiger partial charge on any atom is 0.0642 e. The van der Waals surface area contributed by atoms with Crippen LogP contribution in [0.2, 0.25) is 0 Å². The van der Waals surface area contributed by atoms with Crippen LogP contribution < -0.4 is 0 Å². The molecule has 2 nitrogen and oxygen atoms in total. The monoisotopic (exact) mass is 296 g/mol. The average molecular weight is 297 g/mol. The number of hydrogen-bond acceptors (Lipinski definition) is 2. The number of aliphatic hydroxyl groups is 1. The van der Waals surface area contributed by atoms with Crippen molar-refractivity contribution in [2.24, 2.45) is 0 Å². The van der Waals surface area contributed by atoms with E-state index in [-0.39, 0.29) is 11.5 Å². The molecule has 1 aliphatic heterocycles. The second-order valence-corrected chi connectivity index (χ2v) is 5.95. The van der Waals surface area contributed by atoms with Crippen LogP contribution in [0.5, 0.6) is 0 Å². The number of rotatable bonds is 0. The van der Waals surface area contributed by atoms with Crippen molar-refractivity contribution in [2.75, 3.05) is 13.2 Å². The molecule has 17 heavy (non-hydrogen) atoms. The summed E-state index contributed by atoms with van der Waals surface area (Å²) in [6.45, 7) is 1.52. The Kier molecular flexibility index (Phi) is 3.01. The highest BCUT2D eigenvalue weighted by Crippen LogP contribution is 2.47. The van der Waals surface area contributed by atoms with Crippen LogP contribution in [-0.2, 0) is 16.6 Å². The molecule has 0 bridgehead atoms. The van der Waals surface area contributed by atoms with Crippen LogP contribution in [0.4, 0.5) is 0 Å². The van der Waals surface area contributed by atoms with E-state index in [9.17, 15) is 5.11 Å². The molecule has 3 rings (SSSR count). The minimum Gasteiger partial charge on any atom is -0.392 e. The van der Waals surface area contributed by atoms with E-state index in [0.717, 1.165) is 43.4 Å². The summed E-state index contributed by atoms with van der Waals surface area (Å²) >= 11 is 3.67. The first kappa shape index (κ1) is 11.7. The summed E-state index contributed by atoms with van der Waals surface area (Å²) in [6, 6.07) is 6.38. The highest BCUT2D eigenvalue weighted by Gasteiger charge is 2.45. The van der Waals surface area contributed by atoms with Crippen molar-refractivity contribution in [3.05, 3.63) is 33.8 Å². The van der Waals surface area contributed by atoms with Gasteiger partial charge in [0.1, 0.15) is 0 Å². The van der Waals surface area contributed by atoms with Crippen molar-refractivity contribution in [3.8, 4) is 0 Å². The summed E-state index contributed by atoms with van der Waals surface area (Å²) < 4.78 is 6.62. The summed E-state index contributed by atoms with van der Waals surface area (Å²) in [5.74, 6) is 0. The average Bonchev–Trinajstić information content (AvgIpc) is 2.35. The van der Waals surface area contributed by atoms with E-state index in [2.05, 4.69) is 34.1 Å². The van der Waals surface area contributed by atoms with Crippen LogP contribution in [0, 0.1) is 0 Å². The van der Waals surface area contributed by atoms with Crippen LogP contribution in [0.3, 0.4) is 0 Å². The SMILES string of the molecule is OC1CCc2cccc(Br)c2C12CCOCC2. The molecule has 0 saturated carbocycles. The smallest absolute Gasteiger partial charge is 0.0642 e. The van der Waals surface area contributed by atoms with E-state index in [4.69, 9.17) is 4.74 Å². The fourth-order valence-corrected chi connectivity index (χ4v) is 4.19. The molecule has 1 fully saturated rings. The maximum absolute atomic E-state index is 10.5. The number of ether oxygens (including phenoxy) is 1. The minimum absolute atomic E-state index is 0.0775. The van der Waals surface area contributed by atoms with Gasteiger partial charge in [-0.1, -0.05) is 28.1 Å². The second kappa shape index (κ2) is 4.38. The molecule has 1 atom stereocenters. The van der Waals surface area contributed by atoms with Crippen molar-refractivity contribution < 1.29 is 9.84 Å². The van der Waals surface area contributed by atoms with Gasteiger partial charge in [-0.2, -0.15) is 0 Å². The highest BCUT2D eigenvalue weighted by atomic mass is 79.9. The number of aliphatic hydroxyl groups excluding tert-OH is 1. The summed E-state index contributed by atoms with van der Waals surface area (Å²) in [5, 5.41) is 10.5. The zero-order valence-electron chi connectivity index (χ0n) is 9.79. The van der Waals surface area contributed by atoms with Gasteiger partial charge in [-0.15, -0.1) is 0 Å². The van der Waals surface area contributed by atoms with Crippen molar-refractivity contribution >= 4 is 15.9 Å². The number of aryl methyl sites for hydroxylation is 1. The number of halogens is 1. The lowest BCUT2D eigenvalue weighted by Gasteiger charge is -2.46. The molecule has 92 valence electrons. The molecule has 1 N–H and O–H groups in total. The van der Waals surface area contributed by atoms with Crippen molar-refractivity contribution in [2.45, 2.75) is 37.2 Å². The Hall–Kier alpha value is -0.380. The summed E-state index contributed by atoms with van der Waals surface area (Å²) in [5.41, 5.74) is 2.65. The number of hydrogen-bond donors (Lipinski definition) is 1. The van der Waals surface area contributed by atoms with Crippen LogP contribution in [0.15, 0.2) is 22.7 Å². The van der Waals surface area contributed by atoms with Gasteiger partial charge in [0.25, 0.3) is 0 Å². The minimum atomic E-state index is -0.224. The molecule has 1 aliphatic carbocycles. The lowest BCUT2D eigenvalue weighted by Crippen LogP contribution is -2.47. The molecule has 3 heteroatoms. The standard InChI is InChI=1S/C14H17BrO2/c15-11-3-1-2-10-4-5-12(16)14(13(10)11)6-8-17-9-7-14/h1-3,12,16H,4-9H2. The van der Waals surface area contributed by atoms with Gasteiger partial charge >= 0.3 is 0 Å². The van der Waals surface area contributed by atoms with Gasteiger partial charge in [0, 0.05) is 23.1 Å². The van der Waals surface area contributed by atoms with Gasteiger partial charge in [0.05, 0.1) is 6.10 Å². The molecule has 2 aliphatic rings. The first-order valence-corrected chi connectivity index (χ1v) is 7.07.